The standard InChI is InChI=1S/C17H17N3S/c1-12(2)18-19-17-20(3)16(11-21-17)15-9-8-13-6-4-5-7-14(13)10-15/h4-11H,1-3H3/b19-17-. The predicted octanol–water partition coefficient (Wildman–Crippen LogP) is 4.20. The van der Waals surface area contributed by atoms with Gasteiger partial charge in [0.15, 0.2) is 0 Å². The highest BCUT2D eigenvalue weighted by atomic mass is 32.1. The molecule has 0 aliphatic rings. The maximum absolute atomic E-state index is 4.28. The van der Waals surface area contributed by atoms with Crippen molar-refractivity contribution in [1.29, 1.82) is 0 Å². The van der Waals surface area contributed by atoms with Crippen molar-refractivity contribution in [3.05, 3.63) is 52.6 Å². The third-order valence-corrected chi connectivity index (χ3v) is 4.21. The van der Waals surface area contributed by atoms with Gasteiger partial charge in [0.25, 0.3) is 0 Å². The summed E-state index contributed by atoms with van der Waals surface area (Å²) in [6.07, 6.45) is 0. The Morgan fingerprint density at radius 2 is 1.81 bits per heavy atom. The zero-order chi connectivity index (χ0) is 14.8. The normalized spacial score (nSPS) is 11.9. The van der Waals surface area contributed by atoms with Gasteiger partial charge in [-0.25, -0.2) is 0 Å². The molecule has 2 aromatic carbocycles. The summed E-state index contributed by atoms with van der Waals surface area (Å²) in [5.41, 5.74) is 3.32. The average molecular weight is 295 g/mol. The molecule has 0 fully saturated rings. The zero-order valence-corrected chi connectivity index (χ0v) is 13.2. The van der Waals surface area contributed by atoms with Gasteiger partial charge in [0.05, 0.1) is 5.69 Å². The summed E-state index contributed by atoms with van der Waals surface area (Å²) in [6, 6.07) is 14.9. The van der Waals surface area contributed by atoms with Crippen molar-refractivity contribution in [2.75, 3.05) is 0 Å². The molecule has 1 heterocycles. The number of nitrogens with zero attached hydrogens (tertiary/aromatic N) is 3. The molecule has 0 spiro atoms. The van der Waals surface area contributed by atoms with Gasteiger partial charge in [-0.15, -0.1) is 16.4 Å². The van der Waals surface area contributed by atoms with E-state index in [0.717, 1.165) is 16.2 Å². The molecule has 0 aliphatic carbocycles. The van der Waals surface area contributed by atoms with E-state index in [-0.39, 0.29) is 0 Å². The van der Waals surface area contributed by atoms with Crippen molar-refractivity contribution < 1.29 is 0 Å². The third kappa shape index (κ3) is 2.81. The van der Waals surface area contributed by atoms with Crippen LogP contribution >= 0.6 is 11.3 Å². The van der Waals surface area contributed by atoms with E-state index < -0.39 is 0 Å². The highest BCUT2D eigenvalue weighted by Gasteiger charge is 2.05. The van der Waals surface area contributed by atoms with Crippen molar-refractivity contribution in [1.82, 2.24) is 4.57 Å². The monoisotopic (exact) mass is 295 g/mol. The van der Waals surface area contributed by atoms with E-state index in [1.54, 1.807) is 11.3 Å². The van der Waals surface area contributed by atoms with Crippen LogP contribution in [0, 0.1) is 0 Å². The van der Waals surface area contributed by atoms with Crippen LogP contribution in [0.15, 0.2) is 58.0 Å². The second kappa shape index (κ2) is 5.66. The molecule has 0 amide bonds. The number of fused-ring (bicyclic) bond motifs is 1. The molecule has 0 bridgehead atoms. The van der Waals surface area contributed by atoms with Gasteiger partial charge < -0.3 is 4.57 Å². The summed E-state index contributed by atoms with van der Waals surface area (Å²) >= 11 is 1.61. The molecule has 0 saturated heterocycles. The fourth-order valence-electron chi connectivity index (χ4n) is 2.21. The Labute approximate surface area is 127 Å². The lowest BCUT2D eigenvalue weighted by molar-refractivity contribution is 0.862. The fraction of sp³-hybridized carbons (Fsp3) is 0.176. The van der Waals surface area contributed by atoms with Crippen molar-refractivity contribution in [3.8, 4) is 11.3 Å². The molecule has 106 valence electrons. The second-order valence-electron chi connectivity index (χ2n) is 5.17. The Hall–Kier alpha value is -2.20. The largest absolute Gasteiger partial charge is 0.318 e. The number of thiazole rings is 1. The van der Waals surface area contributed by atoms with Gasteiger partial charge in [-0.1, -0.05) is 36.4 Å². The molecule has 0 aliphatic heterocycles. The SMILES string of the molecule is CC(C)=N/N=c1\scc(-c2ccc3ccccc3c2)n1C. The number of hydrogen-bond acceptors (Lipinski definition) is 3. The first kappa shape index (κ1) is 13.8. The maximum Gasteiger partial charge on any atom is 0.210 e. The van der Waals surface area contributed by atoms with Crippen LogP contribution in [-0.2, 0) is 7.05 Å². The predicted molar refractivity (Wildman–Crippen MR) is 90.6 cm³/mol. The molecule has 0 N–H and O–H groups in total. The molecule has 0 atom stereocenters. The van der Waals surface area contributed by atoms with Crippen molar-refractivity contribution >= 4 is 27.8 Å². The Bertz CT molecular complexity index is 880. The average Bonchev–Trinajstić information content (AvgIpc) is 2.85. The summed E-state index contributed by atoms with van der Waals surface area (Å²) in [6.45, 7) is 3.89. The molecule has 3 nitrogen and oxygen atoms in total. The molecule has 3 aromatic rings. The molecular weight excluding hydrogens is 278 g/mol. The van der Waals surface area contributed by atoms with Crippen LogP contribution in [0.1, 0.15) is 13.8 Å². The number of rotatable bonds is 2. The van der Waals surface area contributed by atoms with Gasteiger partial charge in [0.2, 0.25) is 4.80 Å². The van der Waals surface area contributed by atoms with E-state index >= 15 is 0 Å². The smallest absolute Gasteiger partial charge is 0.210 e. The minimum absolute atomic E-state index is 0.902. The van der Waals surface area contributed by atoms with E-state index in [9.17, 15) is 0 Å². The van der Waals surface area contributed by atoms with E-state index in [1.165, 1.54) is 16.3 Å². The van der Waals surface area contributed by atoms with Crippen LogP contribution in [0.5, 0.6) is 0 Å². The lowest BCUT2D eigenvalue weighted by Crippen LogP contribution is -2.10. The Morgan fingerprint density at radius 3 is 2.57 bits per heavy atom. The van der Waals surface area contributed by atoms with Gasteiger partial charge in [-0.05, 0) is 36.2 Å². The van der Waals surface area contributed by atoms with E-state index in [0.29, 0.717) is 0 Å². The van der Waals surface area contributed by atoms with E-state index in [1.807, 2.05) is 20.9 Å². The van der Waals surface area contributed by atoms with Crippen LogP contribution in [0.3, 0.4) is 0 Å². The van der Waals surface area contributed by atoms with Crippen LogP contribution in [0.4, 0.5) is 0 Å². The lowest BCUT2D eigenvalue weighted by Gasteiger charge is -2.04. The summed E-state index contributed by atoms with van der Waals surface area (Å²) < 4.78 is 2.08. The summed E-state index contributed by atoms with van der Waals surface area (Å²) in [5.74, 6) is 0. The molecule has 0 unspecified atom stereocenters. The van der Waals surface area contributed by atoms with E-state index in [2.05, 4.69) is 62.6 Å². The summed E-state index contributed by atoms with van der Waals surface area (Å²) in [5, 5.41) is 13.1. The van der Waals surface area contributed by atoms with Crippen molar-refractivity contribution in [2.45, 2.75) is 13.8 Å². The maximum atomic E-state index is 4.28. The molecule has 1 aromatic heterocycles. The number of aromatic nitrogens is 1. The molecular formula is C17H17N3S. The quantitative estimate of drug-likeness (QED) is 0.501. The van der Waals surface area contributed by atoms with Gasteiger partial charge in [-0.2, -0.15) is 5.10 Å². The first-order valence-electron chi connectivity index (χ1n) is 6.84. The first-order chi connectivity index (χ1) is 10.1. The lowest BCUT2D eigenvalue weighted by atomic mass is 10.1. The minimum Gasteiger partial charge on any atom is -0.318 e. The molecule has 4 heteroatoms. The second-order valence-corrected chi connectivity index (χ2v) is 6.01. The number of hydrogen-bond donors (Lipinski definition) is 0. The fourth-order valence-corrected chi connectivity index (χ4v) is 3.07. The first-order valence-corrected chi connectivity index (χ1v) is 7.72. The summed E-state index contributed by atoms with van der Waals surface area (Å²) in [4.78, 5) is 0.902. The topological polar surface area (TPSA) is 29.6 Å². The molecule has 21 heavy (non-hydrogen) atoms. The van der Waals surface area contributed by atoms with Gasteiger partial charge in [0.1, 0.15) is 0 Å². The van der Waals surface area contributed by atoms with Gasteiger partial charge in [0, 0.05) is 18.1 Å². The highest BCUT2D eigenvalue weighted by Crippen LogP contribution is 2.24. The van der Waals surface area contributed by atoms with Gasteiger partial charge >= 0.3 is 0 Å². The molecule has 0 radical (unpaired) electrons. The molecule has 3 rings (SSSR count). The van der Waals surface area contributed by atoms with Crippen LogP contribution in [0.25, 0.3) is 22.0 Å². The molecule has 0 saturated carbocycles. The summed E-state index contributed by atoms with van der Waals surface area (Å²) in [7, 11) is 2.03. The van der Waals surface area contributed by atoms with Crippen LogP contribution in [0.2, 0.25) is 0 Å². The zero-order valence-electron chi connectivity index (χ0n) is 12.4. The minimum atomic E-state index is 0.902. The Kier molecular flexibility index (Phi) is 3.71. The van der Waals surface area contributed by atoms with E-state index in [4.69, 9.17) is 0 Å². The van der Waals surface area contributed by atoms with Crippen LogP contribution < -0.4 is 4.80 Å². The number of benzene rings is 2. The Morgan fingerprint density at radius 1 is 1.05 bits per heavy atom. The van der Waals surface area contributed by atoms with Crippen LogP contribution in [-0.4, -0.2) is 10.3 Å². The third-order valence-electron chi connectivity index (χ3n) is 3.31. The van der Waals surface area contributed by atoms with Crippen molar-refractivity contribution in [3.63, 3.8) is 0 Å². The highest BCUT2D eigenvalue weighted by molar-refractivity contribution is 7.07. The van der Waals surface area contributed by atoms with Crippen molar-refractivity contribution in [2.24, 2.45) is 17.3 Å². The Balaban J connectivity index is 2.11. The van der Waals surface area contributed by atoms with Gasteiger partial charge in [-0.3, -0.25) is 0 Å².